The van der Waals surface area contributed by atoms with Gasteiger partial charge in [-0.05, 0) is 58.0 Å². The molecule has 0 aliphatic carbocycles. The molecule has 3 aromatic carbocycles. The van der Waals surface area contributed by atoms with E-state index in [2.05, 4.69) is 43.2 Å². The lowest BCUT2D eigenvalue weighted by atomic mass is 9.99. The van der Waals surface area contributed by atoms with E-state index in [1.165, 1.54) is 6.33 Å². The number of hydrogen-bond donors (Lipinski definition) is 2. The van der Waals surface area contributed by atoms with Crippen LogP contribution in [-0.4, -0.2) is 14.9 Å². The summed E-state index contributed by atoms with van der Waals surface area (Å²) < 4.78 is 1.07. The first-order chi connectivity index (χ1) is 15.1. The van der Waals surface area contributed by atoms with Crippen molar-refractivity contribution in [2.75, 3.05) is 10.6 Å². The van der Waals surface area contributed by atoms with Crippen LogP contribution in [0.5, 0.6) is 0 Å². The summed E-state index contributed by atoms with van der Waals surface area (Å²) in [7, 11) is 0. The Labute approximate surface area is 192 Å². The highest BCUT2D eigenvalue weighted by molar-refractivity contribution is 14.1. The van der Waals surface area contributed by atoms with E-state index < -0.39 is 4.92 Å². The molecular formula is C23H18IN5O2. The highest BCUT2D eigenvalue weighted by Crippen LogP contribution is 2.35. The lowest BCUT2D eigenvalue weighted by molar-refractivity contribution is -0.383. The van der Waals surface area contributed by atoms with E-state index in [4.69, 9.17) is 0 Å². The van der Waals surface area contributed by atoms with Crippen molar-refractivity contribution in [2.45, 2.75) is 6.04 Å². The number of aromatic nitrogens is 2. The number of nitrogens with one attached hydrogen (secondary N) is 2. The van der Waals surface area contributed by atoms with Crippen molar-refractivity contribution in [1.29, 1.82) is 0 Å². The summed E-state index contributed by atoms with van der Waals surface area (Å²) in [5.41, 5.74) is 2.43. The fourth-order valence-electron chi connectivity index (χ4n) is 3.21. The molecule has 8 heteroatoms. The fraction of sp³-hybridized carbons (Fsp3) is 0.0435. The van der Waals surface area contributed by atoms with Crippen molar-refractivity contribution in [3.63, 3.8) is 0 Å². The van der Waals surface area contributed by atoms with Gasteiger partial charge in [0.1, 0.15) is 6.33 Å². The van der Waals surface area contributed by atoms with Gasteiger partial charge in [0, 0.05) is 9.26 Å². The lowest BCUT2D eigenvalue weighted by Gasteiger charge is -2.20. The van der Waals surface area contributed by atoms with Crippen LogP contribution in [0, 0.1) is 13.7 Å². The lowest BCUT2D eigenvalue weighted by Crippen LogP contribution is -2.15. The van der Waals surface area contributed by atoms with Gasteiger partial charge in [0.2, 0.25) is 11.6 Å². The van der Waals surface area contributed by atoms with Crippen LogP contribution in [0.1, 0.15) is 17.2 Å². The molecule has 0 fully saturated rings. The number of anilines is 3. The molecule has 0 saturated heterocycles. The van der Waals surface area contributed by atoms with Crippen LogP contribution < -0.4 is 10.6 Å². The molecule has 1 aromatic heterocycles. The van der Waals surface area contributed by atoms with Gasteiger partial charge in [0.15, 0.2) is 0 Å². The Hall–Kier alpha value is -3.53. The van der Waals surface area contributed by atoms with Gasteiger partial charge in [-0.25, -0.2) is 9.97 Å². The van der Waals surface area contributed by atoms with Crippen LogP contribution >= 0.6 is 22.6 Å². The molecule has 4 aromatic rings. The zero-order valence-electron chi connectivity index (χ0n) is 16.3. The maximum atomic E-state index is 12.0. The normalized spacial score (nSPS) is 10.6. The SMILES string of the molecule is O=[N+]([O-])c1c(Nc2ccc(I)cc2)ncnc1NC(c1ccccc1)c1ccccc1. The second-order valence-electron chi connectivity index (χ2n) is 6.71. The third-order valence-corrected chi connectivity index (χ3v) is 5.38. The van der Waals surface area contributed by atoms with E-state index >= 15 is 0 Å². The van der Waals surface area contributed by atoms with E-state index in [0.29, 0.717) is 5.69 Å². The van der Waals surface area contributed by atoms with Crippen LogP contribution in [0.25, 0.3) is 0 Å². The minimum absolute atomic E-state index is 0.128. The van der Waals surface area contributed by atoms with Gasteiger partial charge in [-0.3, -0.25) is 10.1 Å². The molecule has 0 radical (unpaired) electrons. The summed E-state index contributed by atoms with van der Waals surface area (Å²) in [5, 5.41) is 18.3. The molecule has 0 saturated carbocycles. The summed E-state index contributed by atoms with van der Waals surface area (Å²) in [6.07, 6.45) is 1.32. The molecule has 7 nitrogen and oxygen atoms in total. The molecule has 4 rings (SSSR count). The smallest absolute Gasteiger partial charge is 0.353 e. The minimum atomic E-state index is -0.468. The van der Waals surface area contributed by atoms with Crippen LogP contribution in [0.4, 0.5) is 23.0 Å². The first kappa shape index (κ1) is 20.7. The maximum Gasteiger partial charge on any atom is 0.353 e. The highest BCUT2D eigenvalue weighted by Gasteiger charge is 2.26. The van der Waals surface area contributed by atoms with Crippen molar-refractivity contribution in [3.05, 3.63) is 116 Å². The van der Waals surface area contributed by atoms with Crippen LogP contribution in [-0.2, 0) is 0 Å². The van der Waals surface area contributed by atoms with Gasteiger partial charge < -0.3 is 10.6 Å². The first-order valence-corrected chi connectivity index (χ1v) is 10.6. The summed E-state index contributed by atoms with van der Waals surface area (Å²) in [4.78, 5) is 19.8. The maximum absolute atomic E-state index is 12.0. The predicted octanol–water partition coefficient (Wildman–Crippen LogP) is 5.93. The summed E-state index contributed by atoms with van der Waals surface area (Å²) in [6, 6.07) is 26.7. The molecule has 2 N–H and O–H groups in total. The largest absolute Gasteiger partial charge is 0.353 e. The van der Waals surface area contributed by atoms with Crippen LogP contribution in [0.15, 0.2) is 91.3 Å². The predicted molar refractivity (Wildman–Crippen MR) is 129 cm³/mol. The van der Waals surface area contributed by atoms with E-state index in [0.717, 1.165) is 14.7 Å². The van der Waals surface area contributed by atoms with Crippen molar-refractivity contribution >= 4 is 45.6 Å². The van der Waals surface area contributed by atoms with Crippen molar-refractivity contribution < 1.29 is 4.92 Å². The number of nitro groups is 1. The Balaban J connectivity index is 1.74. The van der Waals surface area contributed by atoms with E-state index in [9.17, 15) is 10.1 Å². The second kappa shape index (κ2) is 9.52. The Morgan fingerprint density at radius 2 is 1.35 bits per heavy atom. The highest BCUT2D eigenvalue weighted by atomic mass is 127. The van der Waals surface area contributed by atoms with Crippen molar-refractivity contribution in [3.8, 4) is 0 Å². The average Bonchev–Trinajstić information content (AvgIpc) is 2.80. The summed E-state index contributed by atoms with van der Waals surface area (Å²) in [6.45, 7) is 0. The molecule has 0 bridgehead atoms. The molecule has 0 unspecified atom stereocenters. The van der Waals surface area contributed by atoms with Gasteiger partial charge in [-0.1, -0.05) is 60.7 Å². The number of hydrogen-bond acceptors (Lipinski definition) is 6. The standard InChI is InChI=1S/C23H18IN5O2/c24-18-11-13-19(14-12-18)27-22-21(29(30)31)23(26-15-25-22)28-20(16-7-3-1-4-8-16)17-9-5-2-6-10-17/h1-15,20H,(H2,25,26,27,28). The number of rotatable bonds is 7. The zero-order chi connectivity index (χ0) is 21.6. The molecule has 0 aliphatic heterocycles. The zero-order valence-corrected chi connectivity index (χ0v) is 18.4. The monoisotopic (exact) mass is 523 g/mol. The third-order valence-electron chi connectivity index (χ3n) is 4.66. The Morgan fingerprint density at radius 3 is 1.90 bits per heavy atom. The molecule has 31 heavy (non-hydrogen) atoms. The van der Waals surface area contributed by atoms with Crippen LogP contribution in [0.3, 0.4) is 0 Å². The van der Waals surface area contributed by atoms with Crippen molar-refractivity contribution in [2.24, 2.45) is 0 Å². The van der Waals surface area contributed by atoms with Gasteiger partial charge in [-0.2, -0.15) is 0 Å². The number of halogens is 1. The van der Waals surface area contributed by atoms with Crippen molar-refractivity contribution in [1.82, 2.24) is 9.97 Å². The molecule has 154 valence electrons. The van der Waals surface area contributed by atoms with Gasteiger partial charge >= 0.3 is 5.69 Å². The average molecular weight is 523 g/mol. The Morgan fingerprint density at radius 1 is 0.806 bits per heavy atom. The molecule has 1 heterocycles. The second-order valence-corrected chi connectivity index (χ2v) is 7.95. The quantitative estimate of drug-likeness (QED) is 0.177. The minimum Gasteiger partial charge on any atom is -0.353 e. The van der Waals surface area contributed by atoms with E-state index in [1.807, 2.05) is 84.9 Å². The van der Waals surface area contributed by atoms with Gasteiger partial charge in [0.25, 0.3) is 0 Å². The first-order valence-electron chi connectivity index (χ1n) is 9.50. The van der Waals surface area contributed by atoms with Crippen LogP contribution in [0.2, 0.25) is 0 Å². The topological polar surface area (TPSA) is 93.0 Å². The molecule has 0 aliphatic rings. The molecule has 0 amide bonds. The molecular weight excluding hydrogens is 505 g/mol. The fourth-order valence-corrected chi connectivity index (χ4v) is 3.57. The van der Waals surface area contributed by atoms with E-state index in [-0.39, 0.29) is 23.4 Å². The third kappa shape index (κ3) is 4.97. The number of nitrogens with zero attached hydrogens (tertiary/aromatic N) is 3. The van der Waals surface area contributed by atoms with Gasteiger partial charge in [0.05, 0.1) is 11.0 Å². The number of benzene rings is 3. The summed E-state index contributed by atoms with van der Waals surface area (Å²) in [5.74, 6) is 0.272. The van der Waals surface area contributed by atoms with E-state index in [1.54, 1.807) is 0 Å². The summed E-state index contributed by atoms with van der Waals surface area (Å²) >= 11 is 2.20. The Bertz CT molecular complexity index is 1130. The Kier molecular flexibility index (Phi) is 6.37. The van der Waals surface area contributed by atoms with Gasteiger partial charge in [-0.15, -0.1) is 0 Å². The molecule has 0 spiro atoms. The molecule has 0 atom stereocenters.